The van der Waals surface area contributed by atoms with Gasteiger partial charge in [-0.3, -0.25) is 9.59 Å². The van der Waals surface area contributed by atoms with Crippen LogP contribution in [0, 0.1) is 6.92 Å². The highest BCUT2D eigenvalue weighted by atomic mass is 32.1. The molecule has 1 aliphatic heterocycles. The van der Waals surface area contributed by atoms with Crippen LogP contribution in [0.15, 0.2) is 12.3 Å². The van der Waals surface area contributed by atoms with Crippen LogP contribution in [0.25, 0.3) is 10.4 Å². The Labute approximate surface area is 212 Å². The molecule has 0 unspecified atom stereocenters. The minimum atomic E-state index is -2.96. The van der Waals surface area contributed by atoms with Crippen molar-refractivity contribution in [2.24, 2.45) is 0 Å². The highest BCUT2D eigenvalue weighted by molar-refractivity contribution is 7.17. The van der Waals surface area contributed by atoms with Crippen LogP contribution in [0.4, 0.5) is 14.6 Å². The van der Waals surface area contributed by atoms with Gasteiger partial charge in [0.15, 0.2) is 5.01 Å². The summed E-state index contributed by atoms with van der Waals surface area (Å²) in [5.74, 6) is -3.30. The molecule has 0 aromatic carbocycles. The summed E-state index contributed by atoms with van der Waals surface area (Å²) in [7, 11) is 0. The summed E-state index contributed by atoms with van der Waals surface area (Å²) in [5.41, 5.74) is 1.48. The molecule has 1 atom stereocenters. The predicted octanol–water partition coefficient (Wildman–Crippen LogP) is 3.99. The zero-order valence-electron chi connectivity index (χ0n) is 20.6. The zero-order valence-corrected chi connectivity index (χ0v) is 21.4. The predicted molar refractivity (Wildman–Crippen MR) is 133 cm³/mol. The number of thiazole rings is 1. The van der Waals surface area contributed by atoms with E-state index in [1.165, 1.54) is 6.42 Å². The van der Waals surface area contributed by atoms with Gasteiger partial charge >= 0.3 is 0 Å². The van der Waals surface area contributed by atoms with Crippen LogP contribution in [0.2, 0.25) is 0 Å². The van der Waals surface area contributed by atoms with Crippen molar-refractivity contribution in [1.29, 1.82) is 0 Å². The maximum atomic E-state index is 14.1. The Kier molecular flexibility index (Phi) is 6.27. The summed E-state index contributed by atoms with van der Waals surface area (Å²) in [6, 6.07) is 1.09. The van der Waals surface area contributed by atoms with Crippen LogP contribution in [0.1, 0.15) is 78.2 Å². The minimum Gasteiger partial charge on any atom is -0.393 e. The second kappa shape index (κ2) is 9.02. The first-order chi connectivity index (χ1) is 16.9. The molecule has 194 valence electrons. The molecule has 5 rings (SSSR count). The van der Waals surface area contributed by atoms with Crippen LogP contribution >= 0.6 is 11.3 Å². The zero-order chi connectivity index (χ0) is 25.8. The molecular weight excluding hydrogens is 488 g/mol. The van der Waals surface area contributed by atoms with E-state index in [-0.39, 0.29) is 22.3 Å². The van der Waals surface area contributed by atoms with Crippen molar-refractivity contribution in [3.63, 3.8) is 0 Å². The Morgan fingerprint density at radius 2 is 2.00 bits per heavy atom. The normalized spacial score (nSPS) is 26.2. The van der Waals surface area contributed by atoms with Gasteiger partial charge in [-0.25, -0.2) is 18.7 Å². The van der Waals surface area contributed by atoms with E-state index < -0.39 is 42.8 Å². The Morgan fingerprint density at radius 3 is 2.56 bits per heavy atom. The van der Waals surface area contributed by atoms with E-state index in [4.69, 9.17) is 0 Å². The molecule has 36 heavy (non-hydrogen) atoms. The number of amides is 2. The van der Waals surface area contributed by atoms with Crippen molar-refractivity contribution in [3.8, 4) is 10.4 Å². The number of aryl methyl sites for hydroxylation is 1. The van der Waals surface area contributed by atoms with Crippen LogP contribution in [-0.2, 0) is 0 Å². The maximum Gasteiger partial charge on any atom is 0.280 e. The van der Waals surface area contributed by atoms with Crippen molar-refractivity contribution >= 4 is 29.0 Å². The van der Waals surface area contributed by atoms with Gasteiger partial charge in [-0.05, 0) is 64.5 Å². The molecule has 3 N–H and O–H groups in total. The van der Waals surface area contributed by atoms with E-state index >= 15 is 0 Å². The molecule has 0 spiro atoms. The molecule has 2 aromatic heterocycles. The summed E-state index contributed by atoms with van der Waals surface area (Å²) in [5, 5.41) is 15.9. The fraction of sp³-hybridized carbons (Fsp3) is 0.600. The van der Waals surface area contributed by atoms with Gasteiger partial charge in [0.2, 0.25) is 0 Å². The van der Waals surface area contributed by atoms with E-state index in [1.54, 1.807) is 13.1 Å². The van der Waals surface area contributed by atoms with E-state index in [2.05, 4.69) is 27.5 Å². The minimum absolute atomic E-state index is 0.0140. The largest absolute Gasteiger partial charge is 0.393 e. The number of hydrogen-bond acceptors (Lipinski definition) is 7. The van der Waals surface area contributed by atoms with Crippen molar-refractivity contribution in [2.45, 2.75) is 88.9 Å². The second-order valence-electron chi connectivity index (χ2n) is 10.8. The fourth-order valence-electron chi connectivity index (χ4n) is 5.12. The van der Waals surface area contributed by atoms with Gasteiger partial charge in [-0.15, -0.1) is 11.3 Å². The maximum absolute atomic E-state index is 14.1. The molecule has 8 nitrogen and oxygen atoms in total. The SMILES string of the molecule is Cc1cc(NC2(C)CCC2)ncc1-c1sc(C(=O)N[C@H]2C[C@H](O)C2)nc1C(=O)N1CC(F)(F)C[C@@H]1C. The molecule has 11 heteroatoms. The standard InChI is InChI=1S/C25H31F2N5O3S/c1-13-7-18(31-24(3)5-4-6-24)28-11-17(13)20-19(23(35)32-12-25(26,27)10-14(32)2)30-22(36-20)21(34)29-15-8-16(33)9-15/h7,11,14-16,33H,4-6,8-10,12H2,1-3H3,(H,28,31)(H,29,34)/t14-,15-,16-/m0/s1. The number of nitrogens with one attached hydrogen (secondary N) is 2. The number of aliphatic hydroxyl groups excluding tert-OH is 1. The number of pyridine rings is 1. The molecule has 1 saturated heterocycles. The number of likely N-dealkylation sites (tertiary alicyclic amines) is 1. The Morgan fingerprint density at radius 1 is 1.28 bits per heavy atom. The first kappa shape index (κ1) is 25.0. The summed E-state index contributed by atoms with van der Waals surface area (Å²) in [4.78, 5) is 36.8. The van der Waals surface area contributed by atoms with Gasteiger partial charge in [0.25, 0.3) is 17.7 Å². The van der Waals surface area contributed by atoms with Crippen LogP contribution in [0.3, 0.4) is 0 Å². The van der Waals surface area contributed by atoms with Crippen molar-refractivity contribution < 1.29 is 23.5 Å². The number of anilines is 1. The number of aliphatic hydroxyl groups is 1. The number of alkyl halides is 2. The summed E-state index contributed by atoms with van der Waals surface area (Å²) < 4.78 is 28.1. The quantitative estimate of drug-likeness (QED) is 0.533. The highest BCUT2D eigenvalue weighted by Crippen LogP contribution is 2.39. The first-order valence-corrected chi connectivity index (χ1v) is 13.2. The molecule has 3 heterocycles. The van der Waals surface area contributed by atoms with Gasteiger partial charge in [0.05, 0.1) is 17.5 Å². The summed E-state index contributed by atoms with van der Waals surface area (Å²) >= 11 is 1.05. The molecule has 3 fully saturated rings. The molecule has 2 saturated carbocycles. The Bertz CT molecular complexity index is 1190. The number of hydrogen-bond donors (Lipinski definition) is 3. The van der Waals surface area contributed by atoms with Crippen molar-refractivity contribution in [2.75, 3.05) is 11.9 Å². The van der Waals surface area contributed by atoms with E-state index in [9.17, 15) is 23.5 Å². The average Bonchev–Trinajstić information content (AvgIpc) is 3.31. The third-order valence-electron chi connectivity index (χ3n) is 7.50. The van der Waals surface area contributed by atoms with Crippen LogP contribution < -0.4 is 10.6 Å². The lowest BCUT2D eigenvalue weighted by molar-refractivity contribution is 0.0117. The fourth-order valence-corrected chi connectivity index (χ4v) is 6.16. The van der Waals surface area contributed by atoms with Gasteiger partial charge in [-0.1, -0.05) is 0 Å². The second-order valence-corrected chi connectivity index (χ2v) is 11.8. The molecule has 0 radical (unpaired) electrons. The molecule has 2 amide bonds. The lowest BCUT2D eigenvalue weighted by Crippen LogP contribution is -2.46. The first-order valence-electron chi connectivity index (χ1n) is 12.4. The molecule has 0 bridgehead atoms. The van der Waals surface area contributed by atoms with Gasteiger partial charge < -0.3 is 20.6 Å². The van der Waals surface area contributed by atoms with Crippen LogP contribution in [-0.4, -0.2) is 68.0 Å². The highest BCUT2D eigenvalue weighted by Gasteiger charge is 2.46. The Balaban J connectivity index is 1.47. The average molecular weight is 520 g/mol. The monoisotopic (exact) mass is 519 g/mol. The van der Waals surface area contributed by atoms with Gasteiger partial charge in [0.1, 0.15) is 11.5 Å². The number of halogens is 2. The molecule has 3 aliphatic rings. The summed E-state index contributed by atoms with van der Waals surface area (Å²) in [6.07, 6.45) is 5.05. The topological polar surface area (TPSA) is 107 Å². The van der Waals surface area contributed by atoms with Gasteiger partial charge in [0, 0.05) is 35.8 Å². The lowest BCUT2D eigenvalue weighted by Gasteiger charge is -2.39. The third kappa shape index (κ3) is 4.82. The number of carbonyl (C=O) groups is 2. The smallest absolute Gasteiger partial charge is 0.280 e. The van der Waals surface area contributed by atoms with E-state index in [1.807, 2.05) is 13.0 Å². The van der Waals surface area contributed by atoms with E-state index in [0.717, 1.165) is 40.5 Å². The lowest BCUT2D eigenvalue weighted by atomic mass is 9.78. The van der Waals surface area contributed by atoms with E-state index in [0.29, 0.717) is 23.3 Å². The molecular formula is C25H31F2N5O3S. The number of carbonyl (C=O) groups excluding carboxylic acids is 2. The number of nitrogens with zero attached hydrogens (tertiary/aromatic N) is 3. The number of rotatable bonds is 6. The Hall–Kier alpha value is -2.66. The van der Waals surface area contributed by atoms with Crippen molar-refractivity contribution in [3.05, 3.63) is 28.5 Å². The molecule has 2 aliphatic carbocycles. The van der Waals surface area contributed by atoms with Crippen molar-refractivity contribution in [1.82, 2.24) is 20.2 Å². The number of aromatic nitrogens is 2. The van der Waals surface area contributed by atoms with Crippen LogP contribution in [0.5, 0.6) is 0 Å². The third-order valence-corrected chi connectivity index (χ3v) is 8.59. The molecule has 2 aromatic rings. The van der Waals surface area contributed by atoms with Gasteiger partial charge in [-0.2, -0.15) is 0 Å². The summed E-state index contributed by atoms with van der Waals surface area (Å²) in [6.45, 7) is 4.96.